The molecule has 1 unspecified atom stereocenters. The van der Waals surface area contributed by atoms with Gasteiger partial charge in [0.1, 0.15) is 18.1 Å². The third-order valence-electron chi connectivity index (χ3n) is 4.21. The van der Waals surface area contributed by atoms with Gasteiger partial charge in [0.2, 0.25) is 0 Å². The Bertz CT molecular complexity index is 911. The number of hydrogen-bond donors (Lipinski definition) is 1. The van der Waals surface area contributed by atoms with Crippen molar-refractivity contribution in [1.82, 2.24) is 15.1 Å². The molecule has 0 aliphatic rings. The zero-order chi connectivity index (χ0) is 18.7. The van der Waals surface area contributed by atoms with Crippen LogP contribution in [-0.4, -0.2) is 15.7 Å². The number of amides is 1. The lowest BCUT2D eigenvalue weighted by atomic mass is 10.1. The third kappa shape index (κ3) is 3.96. The highest BCUT2D eigenvalue weighted by Crippen LogP contribution is 2.20. The molecule has 0 spiro atoms. The molecule has 0 aliphatic heterocycles. The highest BCUT2D eigenvalue weighted by Gasteiger charge is 2.18. The fourth-order valence-electron chi connectivity index (χ4n) is 2.83. The minimum absolute atomic E-state index is 0.159. The number of ether oxygens (including phenoxy) is 1. The second-order valence-corrected chi connectivity index (χ2v) is 6.36. The quantitative estimate of drug-likeness (QED) is 0.734. The maximum Gasteiger partial charge on any atom is 0.287 e. The van der Waals surface area contributed by atoms with Crippen LogP contribution in [0.5, 0.6) is 5.75 Å². The molecule has 1 aromatic carbocycles. The second-order valence-electron chi connectivity index (χ2n) is 6.36. The Morgan fingerprint density at radius 1 is 1.27 bits per heavy atom. The second kappa shape index (κ2) is 7.47. The Labute approximate surface area is 152 Å². The number of carbonyl (C=O) groups excluding carboxylic acids is 1. The highest BCUT2D eigenvalue weighted by atomic mass is 16.5. The van der Waals surface area contributed by atoms with Crippen molar-refractivity contribution in [1.29, 1.82) is 0 Å². The van der Waals surface area contributed by atoms with Crippen LogP contribution in [-0.2, 0) is 13.7 Å². The molecule has 1 atom stereocenters. The summed E-state index contributed by atoms with van der Waals surface area (Å²) in [5.41, 5.74) is 2.93. The number of nitrogens with one attached hydrogen (secondary N) is 1. The van der Waals surface area contributed by atoms with Crippen molar-refractivity contribution in [3.05, 3.63) is 70.9 Å². The van der Waals surface area contributed by atoms with Gasteiger partial charge in [0.15, 0.2) is 5.76 Å². The average molecular weight is 353 g/mol. The van der Waals surface area contributed by atoms with E-state index in [0.717, 1.165) is 22.6 Å². The number of benzene rings is 1. The van der Waals surface area contributed by atoms with Gasteiger partial charge in [-0.25, -0.2) is 0 Å². The van der Waals surface area contributed by atoms with Crippen molar-refractivity contribution < 1.29 is 13.9 Å². The van der Waals surface area contributed by atoms with Gasteiger partial charge in [0, 0.05) is 18.8 Å². The fourth-order valence-corrected chi connectivity index (χ4v) is 2.83. The number of rotatable bonds is 6. The number of nitrogens with zero attached hydrogens (tertiary/aromatic N) is 2. The summed E-state index contributed by atoms with van der Waals surface area (Å²) in [6.07, 6.45) is 1.91. The SMILES string of the molecule is Cc1ccccc1OCc1ccc(C(=O)NC(C)c2cn(C)nc2C)o1. The minimum atomic E-state index is -0.261. The van der Waals surface area contributed by atoms with Gasteiger partial charge in [0.25, 0.3) is 5.91 Å². The monoisotopic (exact) mass is 353 g/mol. The number of furan rings is 1. The van der Waals surface area contributed by atoms with Gasteiger partial charge in [-0.3, -0.25) is 9.48 Å². The predicted octanol–water partition coefficient (Wildman–Crippen LogP) is 3.70. The first-order valence-corrected chi connectivity index (χ1v) is 8.52. The molecule has 3 rings (SSSR count). The molecule has 3 aromatic rings. The van der Waals surface area contributed by atoms with Crippen LogP contribution >= 0.6 is 0 Å². The average Bonchev–Trinajstić information content (AvgIpc) is 3.20. The number of para-hydroxylation sites is 1. The normalized spacial score (nSPS) is 12.0. The molecule has 1 amide bonds. The summed E-state index contributed by atoms with van der Waals surface area (Å²) in [6.45, 7) is 6.10. The molecule has 0 bridgehead atoms. The van der Waals surface area contributed by atoms with Gasteiger partial charge in [-0.15, -0.1) is 0 Å². The Kier molecular flexibility index (Phi) is 5.11. The van der Waals surface area contributed by atoms with Crippen LogP contribution in [0.3, 0.4) is 0 Å². The third-order valence-corrected chi connectivity index (χ3v) is 4.21. The maximum atomic E-state index is 12.4. The fraction of sp³-hybridized carbons (Fsp3) is 0.300. The van der Waals surface area contributed by atoms with Gasteiger partial charge in [-0.2, -0.15) is 5.10 Å². The lowest BCUT2D eigenvalue weighted by Crippen LogP contribution is -2.26. The van der Waals surface area contributed by atoms with Crippen LogP contribution in [0, 0.1) is 13.8 Å². The Morgan fingerprint density at radius 2 is 2.04 bits per heavy atom. The van der Waals surface area contributed by atoms with Crippen LogP contribution in [0.2, 0.25) is 0 Å². The summed E-state index contributed by atoms with van der Waals surface area (Å²) in [7, 11) is 1.86. The number of aromatic nitrogens is 2. The van der Waals surface area contributed by atoms with E-state index < -0.39 is 0 Å². The first-order valence-electron chi connectivity index (χ1n) is 8.52. The largest absolute Gasteiger partial charge is 0.485 e. The van der Waals surface area contributed by atoms with Crippen molar-refractivity contribution in [2.24, 2.45) is 7.05 Å². The number of aryl methyl sites for hydroxylation is 3. The lowest BCUT2D eigenvalue weighted by Gasteiger charge is -2.12. The summed E-state index contributed by atoms with van der Waals surface area (Å²) >= 11 is 0. The summed E-state index contributed by atoms with van der Waals surface area (Å²) in [5, 5.41) is 7.24. The Morgan fingerprint density at radius 3 is 2.73 bits per heavy atom. The molecular formula is C20H23N3O3. The summed E-state index contributed by atoms with van der Waals surface area (Å²) in [5.74, 6) is 1.41. The molecule has 2 aromatic heterocycles. The van der Waals surface area contributed by atoms with Crippen LogP contribution in [0.25, 0.3) is 0 Å². The van der Waals surface area contributed by atoms with Crippen molar-refractivity contribution in [3.63, 3.8) is 0 Å². The van der Waals surface area contributed by atoms with E-state index in [-0.39, 0.29) is 24.3 Å². The Hall–Kier alpha value is -3.02. The van der Waals surface area contributed by atoms with E-state index in [2.05, 4.69) is 10.4 Å². The van der Waals surface area contributed by atoms with E-state index in [0.29, 0.717) is 5.76 Å². The number of carbonyl (C=O) groups is 1. The molecule has 1 N–H and O–H groups in total. The molecule has 0 saturated carbocycles. The zero-order valence-corrected chi connectivity index (χ0v) is 15.4. The van der Waals surface area contributed by atoms with Gasteiger partial charge >= 0.3 is 0 Å². The van der Waals surface area contributed by atoms with Gasteiger partial charge in [-0.05, 0) is 44.5 Å². The van der Waals surface area contributed by atoms with Crippen LogP contribution in [0.4, 0.5) is 0 Å². The standard InChI is InChI=1S/C20H23N3O3/c1-13-7-5-6-8-18(13)25-12-16-9-10-19(26-16)20(24)21-14(2)17-11-23(4)22-15(17)3/h5-11,14H,12H2,1-4H3,(H,21,24). The minimum Gasteiger partial charge on any atom is -0.485 e. The van der Waals surface area contributed by atoms with Gasteiger partial charge < -0.3 is 14.5 Å². The molecular weight excluding hydrogens is 330 g/mol. The van der Waals surface area contributed by atoms with Crippen molar-refractivity contribution >= 4 is 5.91 Å². The van der Waals surface area contributed by atoms with E-state index in [1.165, 1.54) is 0 Å². The van der Waals surface area contributed by atoms with E-state index >= 15 is 0 Å². The van der Waals surface area contributed by atoms with Crippen LogP contribution < -0.4 is 10.1 Å². The Balaban J connectivity index is 1.61. The smallest absolute Gasteiger partial charge is 0.287 e. The molecule has 6 heteroatoms. The molecule has 0 fully saturated rings. The first-order chi connectivity index (χ1) is 12.4. The van der Waals surface area contributed by atoms with E-state index in [4.69, 9.17) is 9.15 Å². The summed E-state index contributed by atoms with van der Waals surface area (Å²) in [6, 6.07) is 11.0. The zero-order valence-electron chi connectivity index (χ0n) is 15.4. The van der Waals surface area contributed by atoms with E-state index in [9.17, 15) is 4.79 Å². The molecule has 0 aliphatic carbocycles. The molecule has 26 heavy (non-hydrogen) atoms. The molecule has 0 radical (unpaired) electrons. The molecule has 2 heterocycles. The summed E-state index contributed by atoms with van der Waals surface area (Å²) < 4.78 is 13.1. The van der Waals surface area contributed by atoms with Gasteiger partial charge in [-0.1, -0.05) is 18.2 Å². The van der Waals surface area contributed by atoms with Crippen molar-refractivity contribution in [3.8, 4) is 5.75 Å². The van der Waals surface area contributed by atoms with E-state index in [1.54, 1.807) is 16.8 Å². The van der Waals surface area contributed by atoms with Crippen LogP contribution in [0.15, 0.2) is 47.0 Å². The predicted molar refractivity (Wildman–Crippen MR) is 98.0 cm³/mol. The molecule has 6 nitrogen and oxygen atoms in total. The first kappa shape index (κ1) is 17.8. The molecule has 136 valence electrons. The maximum absolute atomic E-state index is 12.4. The lowest BCUT2D eigenvalue weighted by molar-refractivity contribution is 0.0907. The topological polar surface area (TPSA) is 69.3 Å². The van der Waals surface area contributed by atoms with Crippen molar-refractivity contribution in [2.75, 3.05) is 0 Å². The number of hydrogen-bond acceptors (Lipinski definition) is 4. The van der Waals surface area contributed by atoms with Crippen molar-refractivity contribution in [2.45, 2.75) is 33.4 Å². The van der Waals surface area contributed by atoms with E-state index in [1.807, 2.05) is 58.3 Å². The molecule has 0 saturated heterocycles. The van der Waals surface area contributed by atoms with Gasteiger partial charge in [0.05, 0.1) is 11.7 Å². The highest BCUT2D eigenvalue weighted by molar-refractivity contribution is 5.91. The van der Waals surface area contributed by atoms with Crippen LogP contribution in [0.1, 0.15) is 46.1 Å². The summed E-state index contributed by atoms with van der Waals surface area (Å²) in [4.78, 5) is 12.4.